The molecular weight excluding hydrogens is 380 g/mol. The Morgan fingerprint density at radius 1 is 1.29 bits per heavy atom. The fourth-order valence-corrected chi connectivity index (χ4v) is 4.38. The number of anilines is 1. The molecule has 4 rings (SSSR count). The number of hydrazone groups is 1. The summed E-state index contributed by atoms with van der Waals surface area (Å²) in [6.45, 7) is 3.61. The van der Waals surface area contributed by atoms with E-state index in [1.54, 1.807) is 38.1 Å². The van der Waals surface area contributed by atoms with Crippen LogP contribution in [0.3, 0.4) is 0 Å². The molecule has 0 bridgehead atoms. The van der Waals surface area contributed by atoms with E-state index in [9.17, 15) is 10.4 Å². The van der Waals surface area contributed by atoms with Gasteiger partial charge in [-0.3, -0.25) is 5.43 Å². The van der Waals surface area contributed by atoms with Gasteiger partial charge in [-0.25, -0.2) is 0 Å². The maximum atomic E-state index is 13.6. The molecule has 0 saturated heterocycles. The molecule has 1 aromatic heterocycles. The first-order chi connectivity index (χ1) is 13.4. The van der Waals surface area contributed by atoms with E-state index in [-0.39, 0.29) is 0 Å². The first-order valence-electron chi connectivity index (χ1n) is 9.34. The van der Waals surface area contributed by atoms with Crippen LogP contribution in [-0.4, -0.2) is 37.6 Å². The number of nitrogens with zero attached hydrogens (tertiary/aromatic N) is 3. The molecule has 1 unspecified atom stereocenters. The van der Waals surface area contributed by atoms with E-state index >= 15 is 0 Å². The van der Waals surface area contributed by atoms with Crippen molar-refractivity contribution in [3.8, 4) is 0 Å². The number of halogens is 1. The van der Waals surface area contributed by atoms with Crippen molar-refractivity contribution < 1.29 is 14.4 Å². The Morgan fingerprint density at radius 2 is 2.11 bits per heavy atom. The molecule has 1 atom stereocenters. The third kappa shape index (κ3) is 2.82. The van der Waals surface area contributed by atoms with Gasteiger partial charge in [0.2, 0.25) is 0 Å². The molecule has 2 heterocycles. The van der Waals surface area contributed by atoms with Crippen molar-refractivity contribution in [3.05, 3.63) is 58.7 Å². The van der Waals surface area contributed by atoms with E-state index in [2.05, 4.69) is 10.5 Å². The predicted octanol–water partition coefficient (Wildman–Crippen LogP) is 4.45. The van der Waals surface area contributed by atoms with Gasteiger partial charge in [0.05, 0.1) is 12.0 Å². The summed E-state index contributed by atoms with van der Waals surface area (Å²) < 4.78 is 6.38. The minimum Gasteiger partial charge on any atom is -0.622 e. The molecule has 0 amide bonds. The average Bonchev–Trinajstić information content (AvgIpc) is 3.23. The number of hydrogen-bond donors (Lipinski definition) is 2. The van der Waals surface area contributed by atoms with Crippen LogP contribution in [0.2, 0.25) is 5.02 Å². The summed E-state index contributed by atoms with van der Waals surface area (Å²) in [4.78, 5) is 0. The highest BCUT2D eigenvalue weighted by Crippen LogP contribution is 2.42. The summed E-state index contributed by atoms with van der Waals surface area (Å²) in [5, 5.41) is 31.0. The van der Waals surface area contributed by atoms with E-state index < -0.39 is 11.2 Å². The molecule has 1 saturated carbocycles. The number of benzene rings is 1. The number of hydroxylamine groups is 3. The molecule has 1 aromatic carbocycles. The summed E-state index contributed by atoms with van der Waals surface area (Å²) in [6.07, 6.45) is 4.31. The Bertz CT molecular complexity index is 939. The lowest BCUT2D eigenvalue weighted by atomic mass is 9.86. The highest BCUT2D eigenvalue weighted by atomic mass is 35.5. The molecule has 2 aromatic rings. The normalized spacial score (nSPS) is 26.4. The predicted molar refractivity (Wildman–Crippen MR) is 108 cm³/mol. The van der Waals surface area contributed by atoms with Crippen LogP contribution in [0.25, 0.3) is 0 Å². The average molecular weight is 403 g/mol. The molecule has 7 nitrogen and oxygen atoms in total. The van der Waals surface area contributed by atoms with Crippen LogP contribution in [0.15, 0.2) is 52.2 Å². The Morgan fingerprint density at radius 3 is 2.82 bits per heavy atom. The summed E-state index contributed by atoms with van der Waals surface area (Å²) in [5.74, 6) is 0.448. The van der Waals surface area contributed by atoms with Gasteiger partial charge < -0.3 is 14.8 Å². The van der Waals surface area contributed by atoms with Crippen LogP contribution >= 0.6 is 11.6 Å². The number of rotatable bonds is 3. The quantitative estimate of drug-likeness (QED) is 0.449. The van der Waals surface area contributed by atoms with Crippen molar-refractivity contribution in [1.82, 2.24) is 5.06 Å². The zero-order chi connectivity index (χ0) is 19.9. The van der Waals surface area contributed by atoms with Crippen LogP contribution in [0.1, 0.15) is 45.3 Å². The highest BCUT2D eigenvalue weighted by Gasteiger charge is 2.66. The van der Waals surface area contributed by atoms with Crippen molar-refractivity contribution in [1.29, 1.82) is 0 Å². The summed E-state index contributed by atoms with van der Waals surface area (Å²) in [6, 6.07) is 10.7. The van der Waals surface area contributed by atoms with Crippen molar-refractivity contribution in [2.75, 3.05) is 5.43 Å². The molecule has 0 radical (unpaired) electrons. The van der Waals surface area contributed by atoms with E-state index in [0.717, 1.165) is 28.3 Å². The van der Waals surface area contributed by atoms with E-state index in [4.69, 9.17) is 16.0 Å². The van der Waals surface area contributed by atoms with E-state index in [0.29, 0.717) is 35.0 Å². The SMILES string of the molecule is CC1(C)C(c2ccco2)=[N+]([O-])C2(CCCC/C2=N\Nc2cccc(Cl)c2)N1O. The lowest BCUT2D eigenvalue weighted by Gasteiger charge is -2.38. The van der Waals surface area contributed by atoms with E-state index in [1.807, 2.05) is 12.1 Å². The van der Waals surface area contributed by atoms with Gasteiger partial charge in [0.1, 0.15) is 11.3 Å². The topological polar surface area (TPSA) is 87.1 Å². The van der Waals surface area contributed by atoms with Crippen LogP contribution in [0.4, 0.5) is 5.69 Å². The molecule has 1 fully saturated rings. The maximum absolute atomic E-state index is 13.6. The molecule has 1 spiro atoms. The Hall–Kier alpha value is -2.35. The second-order valence-electron chi connectivity index (χ2n) is 7.70. The van der Waals surface area contributed by atoms with Crippen molar-refractivity contribution in [2.45, 2.75) is 50.7 Å². The van der Waals surface area contributed by atoms with Crippen molar-refractivity contribution in [3.63, 3.8) is 0 Å². The van der Waals surface area contributed by atoms with Gasteiger partial charge in [-0.05, 0) is 63.4 Å². The molecular formula is C20H23ClN4O3. The van der Waals surface area contributed by atoms with Crippen molar-refractivity contribution >= 4 is 28.7 Å². The van der Waals surface area contributed by atoms with Gasteiger partial charge in [0, 0.05) is 11.4 Å². The van der Waals surface area contributed by atoms with E-state index in [1.165, 1.54) is 6.26 Å². The van der Waals surface area contributed by atoms with Gasteiger partial charge in [0.25, 0.3) is 11.4 Å². The molecule has 1 aliphatic carbocycles. The summed E-state index contributed by atoms with van der Waals surface area (Å²) >= 11 is 6.04. The standard InChI is InChI=1S/C20H23ClN4O3/c1-19(2)18(16-9-6-12-28-16)24(26)20(25(19)27)11-4-3-10-17(20)23-22-15-8-5-7-14(21)13-15/h5-9,12-13,22,27H,3-4,10-11H2,1-2H3/b23-17+. The fourth-order valence-electron chi connectivity index (χ4n) is 4.19. The van der Waals surface area contributed by atoms with Crippen LogP contribution in [0.5, 0.6) is 0 Å². The van der Waals surface area contributed by atoms with Gasteiger partial charge in [-0.15, -0.1) is 5.06 Å². The first-order valence-corrected chi connectivity index (χ1v) is 9.71. The third-order valence-corrected chi connectivity index (χ3v) is 5.78. The van der Waals surface area contributed by atoms with Gasteiger partial charge in [-0.2, -0.15) is 9.84 Å². The third-order valence-electron chi connectivity index (χ3n) is 5.55. The van der Waals surface area contributed by atoms with Gasteiger partial charge in [-0.1, -0.05) is 17.7 Å². The van der Waals surface area contributed by atoms with Gasteiger partial charge >= 0.3 is 0 Å². The molecule has 148 valence electrons. The second kappa shape index (κ2) is 6.92. The number of furan rings is 1. The molecule has 2 N–H and O–H groups in total. The fraction of sp³-hybridized carbons (Fsp3) is 0.400. The summed E-state index contributed by atoms with van der Waals surface area (Å²) in [7, 11) is 0. The smallest absolute Gasteiger partial charge is 0.292 e. The molecule has 28 heavy (non-hydrogen) atoms. The Kier molecular flexibility index (Phi) is 4.69. The largest absolute Gasteiger partial charge is 0.622 e. The number of hydrogen-bond acceptors (Lipinski definition) is 6. The minimum absolute atomic E-state index is 0.386. The monoisotopic (exact) mass is 402 g/mol. The first kappa shape index (κ1) is 19.0. The zero-order valence-corrected chi connectivity index (χ0v) is 16.6. The van der Waals surface area contributed by atoms with Gasteiger partial charge in [0.15, 0.2) is 5.76 Å². The van der Waals surface area contributed by atoms with Crippen molar-refractivity contribution in [2.24, 2.45) is 5.10 Å². The molecule has 1 aliphatic heterocycles. The lowest BCUT2D eigenvalue weighted by Crippen LogP contribution is -2.60. The minimum atomic E-state index is -1.27. The Balaban J connectivity index is 1.79. The van der Waals surface area contributed by atoms with Crippen LogP contribution in [-0.2, 0) is 0 Å². The Labute approximate surface area is 168 Å². The van der Waals surface area contributed by atoms with Crippen LogP contribution in [0, 0.1) is 5.21 Å². The maximum Gasteiger partial charge on any atom is 0.292 e. The summed E-state index contributed by atoms with van der Waals surface area (Å²) in [5.41, 5.74) is 2.48. The van der Waals surface area contributed by atoms with Crippen LogP contribution < -0.4 is 5.43 Å². The molecule has 2 aliphatic rings. The second-order valence-corrected chi connectivity index (χ2v) is 8.13. The number of nitrogens with one attached hydrogen (secondary N) is 1. The lowest BCUT2D eigenvalue weighted by molar-refractivity contribution is -0.568. The highest BCUT2D eigenvalue weighted by molar-refractivity contribution is 6.30. The zero-order valence-electron chi connectivity index (χ0n) is 15.9. The molecule has 8 heteroatoms.